The number of ether oxygens (including phenoxy) is 2. The van der Waals surface area contributed by atoms with Gasteiger partial charge in [-0.05, 0) is 31.2 Å². The van der Waals surface area contributed by atoms with E-state index < -0.39 is 36.1 Å². The van der Waals surface area contributed by atoms with E-state index in [0.717, 1.165) is 17.0 Å². The fraction of sp³-hybridized carbons (Fsp3) is 0.211. The Morgan fingerprint density at radius 1 is 0.963 bits per heavy atom. The monoisotopic (exact) mass is 377 g/mol. The van der Waals surface area contributed by atoms with Crippen LogP contribution in [0.5, 0.6) is 0 Å². The number of anilines is 1. The number of para-hydroxylation sites is 1. The Hall–Kier alpha value is -3.29. The van der Waals surface area contributed by atoms with Crippen molar-refractivity contribution in [3.63, 3.8) is 0 Å². The van der Waals surface area contributed by atoms with Gasteiger partial charge in [0.15, 0.2) is 6.61 Å². The Morgan fingerprint density at radius 3 is 2.19 bits per heavy atom. The van der Waals surface area contributed by atoms with Gasteiger partial charge in [0.1, 0.15) is 18.2 Å². The summed E-state index contributed by atoms with van der Waals surface area (Å²) in [6.45, 7) is 0.691. The smallest absolute Gasteiger partial charge is 0.338 e. The van der Waals surface area contributed by atoms with E-state index in [1.54, 1.807) is 37.3 Å². The number of hydrogen-bond donors (Lipinski definition) is 0. The van der Waals surface area contributed by atoms with Crippen LogP contribution in [0.3, 0.4) is 0 Å². The van der Waals surface area contributed by atoms with Crippen molar-refractivity contribution < 1.29 is 32.6 Å². The Balaban J connectivity index is 2.08. The van der Waals surface area contributed by atoms with Crippen LogP contribution in [0.1, 0.15) is 17.3 Å². The predicted octanol–water partition coefficient (Wildman–Crippen LogP) is 2.72. The molecule has 0 heterocycles. The second kappa shape index (κ2) is 9.42. The molecule has 8 heteroatoms. The van der Waals surface area contributed by atoms with Gasteiger partial charge in [-0.1, -0.05) is 18.2 Å². The molecule has 2 rings (SSSR count). The van der Waals surface area contributed by atoms with Gasteiger partial charge in [0.25, 0.3) is 5.91 Å². The summed E-state index contributed by atoms with van der Waals surface area (Å²) in [5.41, 5.74) is 0.0420. The Labute approximate surface area is 154 Å². The highest BCUT2D eigenvalue weighted by Crippen LogP contribution is 2.14. The van der Waals surface area contributed by atoms with Crippen LogP contribution in [0.4, 0.5) is 14.5 Å². The highest BCUT2D eigenvalue weighted by molar-refractivity contribution is 6.00. The van der Waals surface area contributed by atoms with Gasteiger partial charge in [-0.2, -0.15) is 0 Å². The lowest BCUT2D eigenvalue weighted by Crippen LogP contribution is -2.39. The molecule has 2 aromatic carbocycles. The average Bonchev–Trinajstić information content (AvgIpc) is 2.64. The lowest BCUT2D eigenvalue weighted by atomic mass is 10.2. The summed E-state index contributed by atoms with van der Waals surface area (Å²) in [5.74, 6) is -4.28. The van der Waals surface area contributed by atoms with Crippen LogP contribution in [0.2, 0.25) is 0 Å². The average molecular weight is 377 g/mol. The topological polar surface area (TPSA) is 72.9 Å². The third-order valence-corrected chi connectivity index (χ3v) is 3.39. The Kier molecular flexibility index (Phi) is 6.99. The standard InChI is InChI=1S/C19H17F2NO5/c1-2-26-18(24)11-22(16-6-4-3-5-7-16)17(23)12-27-19(25)13-8-14(20)10-15(21)9-13/h3-10H,2,11-12H2,1H3. The van der Waals surface area contributed by atoms with Crippen molar-refractivity contribution in [2.75, 3.05) is 24.7 Å². The lowest BCUT2D eigenvalue weighted by Gasteiger charge is -2.21. The molecule has 0 fully saturated rings. The number of carbonyl (C=O) groups is 3. The van der Waals surface area contributed by atoms with Crippen molar-refractivity contribution in [1.29, 1.82) is 0 Å². The molecule has 27 heavy (non-hydrogen) atoms. The van der Waals surface area contributed by atoms with E-state index in [9.17, 15) is 23.2 Å². The summed E-state index contributed by atoms with van der Waals surface area (Å²) in [6, 6.07) is 10.5. The van der Waals surface area contributed by atoms with Crippen LogP contribution in [0.25, 0.3) is 0 Å². The van der Waals surface area contributed by atoms with Gasteiger partial charge >= 0.3 is 11.9 Å². The van der Waals surface area contributed by atoms with Crippen LogP contribution in [0.15, 0.2) is 48.5 Å². The third kappa shape index (κ3) is 5.88. The fourth-order valence-electron chi connectivity index (χ4n) is 2.23. The molecule has 0 N–H and O–H groups in total. The number of benzene rings is 2. The van der Waals surface area contributed by atoms with Gasteiger partial charge in [-0.15, -0.1) is 0 Å². The van der Waals surface area contributed by atoms with Gasteiger partial charge in [-0.25, -0.2) is 13.6 Å². The molecule has 2 aromatic rings. The normalized spacial score (nSPS) is 10.2. The zero-order valence-electron chi connectivity index (χ0n) is 14.5. The number of carbonyl (C=O) groups excluding carboxylic acids is 3. The number of rotatable bonds is 7. The van der Waals surface area contributed by atoms with Crippen molar-refractivity contribution >= 4 is 23.5 Å². The van der Waals surface area contributed by atoms with E-state index in [1.165, 1.54) is 0 Å². The van der Waals surface area contributed by atoms with E-state index in [4.69, 9.17) is 9.47 Å². The van der Waals surface area contributed by atoms with Crippen LogP contribution in [-0.2, 0) is 19.1 Å². The Morgan fingerprint density at radius 2 is 1.59 bits per heavy atom. The quantitative estimate of drug-likeness (QED) is 0.694. The largest absolute Gasteiger partial charge is 0.465 e. The Bertz CT molecular complexity index is 806. The molecular formula is C19H17F2NO5. The number of esters is 2. The van der Waals surface area contributed by atoms with Gasteiger partial charge in [0.05, 0.1) is 12.2 Å². The van der Waals surface area contributed by atoms with Crippen molar-refractivity contribution in [1.82, 2.24) is 0 Å². The van der Waals surface area contributed by atoms with Crippen molar-refractivity contribution in [3.05, 3.63) is 65.7 Å². The molecule has 0 radical (unpaired) electrons. The van der Waals surface area contributed by atoms with Crippen LogP contribution < -0.4 is 4.90 Å². The number of hydrogen-bond acceptors (Lipinski definition) is 5. The van der Waals surface area contributed by atoms with Gasteiger partial charge in [0, 0.05) is 11.8 Å². The molecule has 0 unspecified atom stereocenters. The third-order valence-electron chi connectivity index (χ3n) is 3.39. The summed E-state index contributed by atoms with van der Waals surface area (Å²) < 4.78 is 36.0. The zero-order chi connectivity index (χ0) is 19.8. The molecule has 0 atom stereocenters. The summed E-state index contributed by atoms with van der Waals surface area (Å²) in [5, 5.41) is 0. The first-order chi connectivity index (χ1) is 12.9. The number of halogens is 2. The summed E-state index contributed by atoms with van der Waals surface area (Å²) in [6.07, 6.45) is 0. The molecule has 0 aliphatic heterocycles. The maximum atomic E-state index is 13.2. The second-order valence-corrected chi connectivity index (χ2v) is 5.35. The summed E-state index contributed by atoms with van der Waals surface area (Å²) in [7, 11) is 0. The van der Waals surface area contributed by atoms with Crippen molar-refractivity contribution in [2.45, 2.75) is 6.92 Å². The van der Waals surface area contributed by atoms with Crippen LogP contribution in [-0.4, -0.2) is 37.6 Å². The van der Waals surface area contributed by atoms with E-state index in [1.807, 2.05) is 0 Å². The van der Waals surface area contributed by atoms with Crippen molar-refractivity contribution in [2.24, 2.45) is 0 Å². The highest BCUT2D eigenvalue weighted by atomic mass is 19.1. The molecule has 0 spiro atoms. The molecule has 0 saturated heterocycles. The minimum atomic E-state index is -1.06. The lowest BCUT2D eigenvalue weighted by molar-refractivity contribution is -0.142. The van der Waals surface area contributed by atoms with Crippen molar-refractivity contribution in [3.8, 4) is 0 Å². The summed E-state index contributed by atoms with van der Waals surface area (Å²) in [4.78, 5) is 37.2. The van der Waals surface area contributed by atoms with Crippen LogP contribution in [0, 0.1) is 11.6 Å². The minimum absolute atomic E-state index is 0.149. The molecule has 0 saturated carbocycles. The highest BCUT2D eigenvalue weighted by Gasteiger charge is 2.22. The first kappa shape index (κ1) is 20.0. The van der Waals surface area contributed by atoms with Gasteiger partial charge in [0.2, 0.25) is 0 Å². The zero-order valence-corrected chi connectivity index (χ0v) is 14.5. The molecule has 0 aliphatic carbocycles. The van der Waals surface area contributed by atoms with Gasteiger partial charge < -0.3 is 9.47 Å². The van der Waals surface area contributed by atoms with E-state index in [2.05, 4.69) is 0 Å². The molecule has 6 nitrogen and oxygen atoms in total. The molecule has 0 bridgehead atoms. The number of nitrogens with zero attached hydrogens (tertiary/aromatic N) is 1. The van der Waals surface area contributed by atoms with Gasteiger partial charge in [-0.3, -0.25) is 14.5 Å². The molecule has 142 valence electrons. The van der Waals surface area contributed by atoms with Crippen LogP contribution >= 0.6 is 0 Å². The van der Waals surface area contributed by atoms with E-state index >= 15 is 0 Å². The summed E-state index contributed by atoms with van der Waals surface area (Å²) >= 11 is 0. The molecular weight excluding hydrogens is 360 g/mol. The molecule has 0 aliphatic rings. The fourth-order valence-corrected chi connectivity index (χ4v) is 2.23. The maximum absolute atomic E-state index is 13.2. The second-order valence-electron chi connectivity index (χ2n) is 5.35. The first-order valence-corrected chi connectivity index (χ1v) is 8.05. The predicted molar refractivity (Wildman–Crippen MR) is 92.1 cm³/mol. The maximum Gasteiger partial charge on any atom is 0.338 e. The minimum Gasteiger partial charge on any atom is -0.465 e. The van der Waals surface area contributed by atoms with E-state index in [0.29, 0.717) is 11.8 Å². The SMILES string of the molecule is CCOC(=O)CN(C(=O)COC(=O)c1cc(F)cc(F)c1)c1ccccc1. The number of amides is 1. The first-order valence-electron chi connectivity index (χ1n) is 8.05. The van der Waals surface area contributed by atoms with E-state index in [-0.39, 0.29) is 18.7 Å². The molecule has 1 amide bonds. The molecule has 0 aromatic heterocycles.